The highest BCUT2D eigenvalue weighted by Gasteiger charge is 2.09. The second kappa shape index (κ2) is 6.31. The summed E-state index contributed by atoms with van der Waals surface area (Å²) in [5, 5.41) is 10.1. The Bertz CT molecular complexity index is 548. The van der Waals surface area contributed by atoms with Gasteiger partial charge in [-0.1, -0.05) is 40.2 Å². The lowest BCUT2D eigenvalue weighted by Crippen LogP contribution is -2.14. The highest BCUT2D eigenvalue weighted by molar-refractivity contribution is 9.10. The molecule has 1 nitrogen and oxygen atoms in total. The molecule has 2 aromatic carbocycles. The Morgan fingerprint density at radius 2 is 1.89 bits per heavy atom. The maximum atomic E-state index is 13.3. The number of aliphatic hydroxyl groups excluding tert-OH is 1. The van der Waals surface area contributed by atoms with Crippen LogP contribution in [0.1, 0.15) is 16.7 Å². The molecule has 0 spiro atoms. The second-order valence-corrected chi connectivity index (χ2v) is 5.68. The van der Waals surface area contributed by atoms with Crippen LogP contribution in [0.4, 0.5) is 4.39 Å². The maximum absolute atomic E-state index is 13.3. The first kappa shape index (κ1) is 14.2. The van der Waals surface area contributed by atoms with Crippen molar-refractivity contribution < 1.29 is 9.50 Å². The summed E-state index contributed by atoms with van der Waals surface area (Å²) < 4.78 is 14.0. The van der Waals surface area contributed by atoms with Crippen molar-refractivity contribution >= 4 is 15.9 Å². The summed E-state index contributed by atoms with van der Waals surface area (Å²) in [5.41, 5.74) is 3.10. The second-order valence-electron chi connectivity index (χ2n) is 4.77. The van der Waals surface area contributed by atoms with Crippen LogP contribution in [0.15, 0.2) is 46.9 Å². The molecule has 0 saturated carbocycles. The fraction of sp³-hybridized carbons (Fsp3) is 0.250. The molecule has 0 aliphatic carbocycles. The SMILES string of the molecule is Cc1ccccc1CC(O)Cc1cc(F)cc(Br)c1. The van der Waals surface area contributed by atoms with E-state index >= 15 is 0 Å². The quantitative estimate of drug-likeness (QED) is 0.900. The van der Waals surface area contributed by atoms with Gasteiger partial charge in [-0.25, -0.2) is 4.39 Å². The molecular formula is C16H16BrFO. The number of hydrogen-bond donors (Lipinski definition) is 1. The van der Waals surface area contributed by atoms with Gasteiger partial charge in [0, 0.05) is 4.47 Å². The van der Waals surface area contributed by atoms with Gasteiger partial charge in [0.05, 0.1) is 6.10 Å². The van der Waals surface area contributed by atoms with Crippen molar-refractivity contribution in [3.63, 3.8) is 0 Å². The summed E-state index contributed by atoms with van der Waals surface area (Å²) in [4.78, 5) is 0. The van der Waals surface area contributed by atoms with Gasteiger partial charge in [0.1, 0.15) is 5.82 Å². The van der Waals surface area contributed by atoms with E-state index in [0.717, 1.165) is 11.1 Å². The molecule has 2 rings (SSSR count). The van der Waals surface area contributed by atoms with Gasteiger partial charge in [0.25, 0.3) is 0 Å². The Kier molecular flexibility index (Phi) is 4.72. The Morgan fingerprint density at radius 3 is 2.58 bits per heavy atom. The van der Waals surface area contributed by atoms with Gasteiger partial charge in [-0.05, 0) is 54.7 Å². The van der Waals surface area contributed by atoms with Crippen molar-refractivity contribution in [2.45, 2.75) is 25.9 Å². The zero-order valence-electron chi connectivity index (χ0n) is 10.7. The molecule has 0 bridgehead atoms. The lowest BCUT2D eigenvalue weighted by Gasteiger charge is -2.13. The molecule has 0 heterocycles. The van der Waals surface area contributed by atoms with Crippen LogP contribution < -0.4 is 0 Å². The van der Waals surface area contributed by atoms with Crippen molar-refractivity contribution in [3.8, 4) is 0 Å². The summed E-state index contributed by atoms with van der Waals surface area (Å²) >= 11 is 3.26. The Balaban J connectivity index is 2.05. The molecule has 0 fully saturated rings. The van der Waals surface area contributed by atoms with E-state index in [1.54, 1.807) is 0 Å². The minimum Gasteiger partial charge on any atom is -0.392 e. The molecule has 0 radical (unpaired) electrons. The number of halogens is 2. The summed E-state index contributed by atoms with van der Waals surface area (Å²) in [5.74, 6) is -0.285. The van der Waals surface area contributed by atoms with Gasteiger partial charge in [0.2, 0.25) is 0 Å². The third kappa shape index (κ3) is 4.15. The van der Waals surface area contributed by atoms with Gasteiger partial charge >= 0.3 is 0 Å². The molecule has 100 valence electrons. The third-order valence-corrected chi connectivity index (χ3v) is 3.57. The molecule has 1 N–H and O–H groups in total. The number of hydrogen-bond acceptors (Lipinski definition) is 1. The van der Waals surface area contributed by atoms with E-state index in [0.29, 0.717) is 17.3 Å². The smallest absolute Gasteiger partial charge is 0.124 e. The fourth-order valence-electron chi connectivity index (χ4n) is 2.17. The minimum absolute atomic E-state index is 0.285. The number of aryl methyl sites for hydroxylation is 1. The monoisotopic (exact) mass is 322 g/mol. The summed E-state index contributed by atoms with van der Waals surface area (Å²) in [6.07, 6.45) is 0.528. The summed E-state index contributed by atoms with van der Waals surface area (Å²) in [6, 6.07) is 12.7. The predicted octanol–water partition coefficient (Wildman–Crippen LogP) is 4.04. The van der Waals surface area contributed by atoms with Crippen LogP contribution in [0.25, 0.3) is 0 Å². The molecular weight excluding hydrogens is 307 g/mol. The van der Waals surface area contributed by atoms with Gasteiger partial charge in [-0.3, -0.25) is 0 Å². The molecule has 0 amide bonds. The average Bonchev–Trinajstić information content (AvgIpc) is 2.30. The number of rotatable bonds is 4. The van der Waals surface area contributed by atoms with E-state index < -0.39 is 6.10 Å². The lowest BCUT2D eigenvalue weighted by molar-refractivity contribution is 0.175. The summed E-state index contributed by atoms with van der Waals surface area (Å²) in [6.45, 7) is 2.03. The molecule has 0 saturated heterocycles. The van der Waals surface area contributed by atoms with E-state index in [9.17, 15) is 9.50 Å². The van der Waals surface area contributed by atoms with E-state index in [2.05, 4.69) is 15.9 Å². The number of benzene rings is 2. The van der Waals surface area contributed by atoms with Crippen LogP contribution in [-0.4, -0.2) is 11.2 Å². The zero-order valence-corrected chi connectivity index (χ0v) is 12.3. The fourth-order valence-corrected chi connectivity index (χ4v) is 2.68. The van der Waals surface area contributed by atoms with Crippen LogP contribution in [0.3, 0.4) is 0 Å². The molecule has 0 aliphatic rings. The highest BCUT2D eigenvalue weighted by atomic mass is 79.9. The molecule has 0 aliphatic heterocycles. The lowest BCUT2D eigenvalue weighted by atomic mass is 9.98. The van der Waals surface area contributed by atoms with Crippen LogP contribution in [0, 0.1) is 12.7 Å². The first-order chi connectivity index (χ1) is 9.04. The average molecular weight is 323 g/mol. The van der Waals surface area contributed by atoms with E-state index in [-0.39, 0.29) is 5.82 Å². The first-order valence-electron chi connectivity index (χ1n) is 6.22. The molecule has 1 atom stereocenters. The van der Waals surface area contributed by atoms with Crippen molar-refractivity contribution in [1.82, 2.24) is 0 Å². The van der Waals surface area contributed by atoms with Gasteiger partial charge in [0.15, 0.2) is 0 Å². The van der Waals surface area contributed by atoms with E-state index in [4.69, 9.17) is 0 Å². The topological polar surface area (TPSA) is 20.2 Å². The normalized spacial score (nSPS) is 12.4. The maximum Gasteiger partial charge on any atom is 0.124 e. The van der Waals surface area contributed by atoms with Crippen molar-refractivity contribution in [1.29, 1.82) is 0 Å². The third-order valence-electron chi connectivity index (χ3n) is 3.11. The standard InChI is InChI=1S/C16H16BrFO/c1-11-4-2-3-5-13(11)9-16(19)8-12-6-14(17)10-15(18)7-12/h2-7,10,16,19H,8-9H2,1H3. The van der Waals surface area contributed by atoms with Crippen molar-refractivity contribution in [3.05, 3.63) is 69.4 Å². The number of aliphatic hydroxyl groups is 1. The molecule has 19 heavy (non-hydrogen) atoms. The van der Waals surface area contributed by atoms with Crippen molar-refractivity contribution in [2.75, 3.05) is 0 Å². The van der Waals surface area contributed by atoms with Crippen LogP contribution in [-0.2, 0) is 12.8 Å². The first-order valence-corrected chi connectivity index (χ1v) is 7.01. The minimum atomic E-state index is -0.505. The Morgan fingerprint density at radius 1 is 1.16 bits per heavy atom. The van der Waals surface area contributed by atoms with Gasteiger partial charge < -0.3 is 5.11 Å². The Labute approximate surface area is 121 Å². The van der Waals surface area contributed by atoms with Gasteiger partial charge in [-0.2, -0.15) is 0 Å². The van der Waals surface area contributed by atoms with E-state index in [1.165, 1.54) is 17.7 Å². The van der Waals surface area contributed by atoms with Crippen LogP contribution >= 0.6 is 15.9 Å². The largest absolute Gasteiger partial charge is 0.392 e. The van der Waals surface area contributed by atoms with Crippen LogP contribution in [0.2, 0.25) is 0 Å². The predicted molar refractivity (Wildman–Crippen MR) is 78.7 cm³/mol. The Hall–Kier alpha value is -1.19. The molecule has 0 aromatic heterocycles. The van der Waals surface area contributed by atoms with Crippen LogP contribution in [0.5, 0.6) is 0 Å². The highest BCUT2D eigenvalue weighted by Crippen LogP contribution is 2.18. The van der Waals surface area contributed by atoms with E-state index in [1.807, 2.05) is 37.3 Å². The molecule has 2 aromatic rings. The molecule has 3 heteroatoms. The molecule has 1 unspecified atom stereocenters. The zero-order chi connectivity index (χ0) is 13.8. The van der Waals surface area contributed by atoms with Gasteiger partial charge in [-0.15, -0.1) is 0 Å². The summed E-state index contributed by atoms with van der Waals surface area (Å²) in [7, 11) is 0. The van der Waals surface area contributed by atoms with Crippen molar-refractivity contribution in [2.24, 2.45) is 0 Å².